The molecular weight excluding hydrogens is 551 g/mol. The Labute approximate surface area is 253 Å². The molecule has 2 aliphatic heterocycles. The van der Waals surface area contributed by atoms with Gasteiger partial charge in [-0.3, -0.25) is 19.8 Å². The van der Waals surface area contributed by atoms with Gasteiger partial charge >= 0.3 is 0 Å². The zero-order chi connectivity index (χ0) is 28.0. The van der Waals surface area contributed by atoms with E-state index in [4.69, 9.17) is 23.2 Å². The average Bonchev–Trinajstić information content (AvgIpc) is 3.00. The smallest absolute Gasteiger partial charge is 0.0737 e. The number of fused-ring (bicyclic) bond motifs is 2. The van der Waals surface area contributed by atoms with Crippen LogP contribution in [0.15, 0.2) is 60.9 Å². The number of benzene rings is 2. The predicted molar refractivity (Wildman–Crippen MR) is 174 cm³/mol. The second kappa shape index (κ2) is 13.6. The quantitative estimate of drug-likeness (QED) is 0.185. The van der Waals surface area contributed by atoms with Gasteiger partial charge in [0, 0.05) is 96.9 Å². The van der Waals surface area contributed by atoms with Crippen molar-refractivity contribution in [2.24, 2.45) is 0 Å². The van der Waals surface area contributed by atoms with Gasteiger partial charge in [0.1, 0.15) is 0 Å². The van der Waals surface area contributed by atoms with Gasteiger partial charge in [0.15, 0.2) is 0 Å². The van der Waals surface area contributed by atoms with Gasteiger partial charge in [0.2, 0.25) is 0 Å². The normalized spacial score (nSPS) is 17.1. The lowest BCUT2D eigenvalue weighted by atomic mass is 10.1. The lowest BCUT2D eigenvalue weighted by molar-refractivity contribution is 0.246. The summed E-state index contributed by atoms with van der Waals surface area (Å²) in [6.45, 7) is 11.2. The first-order valence-electron chi connectivity index (χ1n) is 15.2. The predicted octanol–water partition coefficient (Wildman–Crippen LogP) is 6.98. The summed E-state index contributed by atoms with van der Waals surface area (Å²) in [5.74, 6) is 0. The molecule has 6 nitrogen and oxygen atoms in total. The van der Waals surface area contributed by atoms with Crippen LogP contribution in [0.5, 0.6) is 0 Å². The highest BCUT2D eigenvalue weighted by atomic mass is 35.5. The molecule has 2 fully saturated rings. The Morgan fingerprint density at radius 3 is 1.37 bits per heavy atom. The van der Waals surface area contributed by atoms with Crippen LogP contribution in [-0.4, -0.2) is 85.2 Å². The van der Waals surface area contributed by atoms with Gasteiger partial charge in [0.25, 0.3) is 0 Å². The van der Waals surface area contributed by atoms with Crippen molar-refractivity contribution >= 4 is 56.4 Å². The number of hydrogen-bond donors (Lipinski definition) is 0. The molecule has 0 saturated carbocycles. The minimum Gasteiger partial charge on any atom is -0.368 e. The molecule has 4 aromatic rings. The highest BCUT2D eigenvalue weighted by Crippen LogP contribution is 2.29. The van der Waals surface area contributed by atoms with E-state index in [-0.39, 0.29) is 0 Å². The van der Waals surface area contributed by atoms with Crippen molar-refractivity contribution in [1.29, 1.82) is 0 Å². The highest BCUT2D eigenvalue weighted by Gasteiger charge is 2.20. The summed E-state index contributed by atoms with van der Waals surface area (Å²) in [7, 11) is 0. The van der Waals surface area contributed by atoms with Crippen LogP contribution in [-0.2, 0) is 0 Å². The number of pyridine rings is 2. The van der Waals surface area contributed by atoms with Crippen LogP contribution < -0.4 is 9.80 Å². The van der Waals surface area contributed by atoms with E-state index in [1.54, 1.807) is 0 Å². The Bertz CT molecular complexity index is 1340. The van der Waals surface area contributed by atoms with Crippen LogP contribution in [0.1, 0.15) is 32.1 Å². The Kier molecular flexibility index (Phi) is 9.42. The molecule has 0 bridgehead atoms. The van der Waals surface area contributed by atoms with Crippen molar-refractivity contribution in [3.63, 3.8) is 0 Å². The summed E-state index contributed by atoms with van der Waals surface area (Å²) in [5, 5.41) is 3.88. The Morgan fingerprint density at radius 2 is 0.927 bits per heavy atom. The summed E-state index contributed by atoms with van der Waals surface area (Å²) in [6.07, 6.45) is 10.4. The first-order chi connectivity index (χ1) is 20.1. The SMILES string of the molecule is Clc1ccc2c(N3CCN(CCCCCCCN4CCN(c5ccnc6cc(Cl)ccc56)CC4)CC3)ccnc2c1. The topological polar surface area (TPSA) is 38.7 Å². The minimum absolute atomic E-state index is 0.743. The van der Waals surface area contributed by atoms with Crippen molar-refractivity contribution in [3.8, 4) is 0 Å². The van der Waals surface area contributed by atoms with Crippen LogP contribution in [0.3, 0.4) is 0 Å². The lowest BCUT2D eigenvalue weighted by Gasteiger charge is -2.36. The summed E-state index contributed by atoms with van der Waals surface area (Å²) < 4.78 is 0. The number of anilines is 2. The molecular formula is C33H40Cl2N6. The molecule has 2 saturated heterocycles. The summed E-state index contributed by atoms with van der Waals surface area (Å²) in [6, 6.07) is 16.3. The summed E-state index contributed by atoms with van der Waals surface area (Å²) in [5.41, 5.74) is 4.52. The maximum atomic E-state index is 6.17. The molecule has 2 aromatic carbocycles. The van der Waals surface area contributed by atoms with E-state index >= 15 is 0 Å². The fourth-order valence-electron chi connectivity index (χ4n) is 6.39. The van der Waals surface area contributed by atoms with E-state index in [9.17, 15) is 0 Å². The monoisotopic (exact) mass is 590 g/mol. The van der Waals surface area contributed by atoms with Crippen molar-refractivity contribution in [2.75, 3.05) is 75.2 Å². The zero-order valence-electron chi connectivity index (χ0n) is 23.8. The molecule has 0 amide bonds. The second-order valence-corrected chi connectivity index (χ2v) is 12.3. The number of piperazine rings is 2. The Hall–Kier alpha value is -2.64. The molecule has 2 aliphatic rings. The summed E-state index contributed by atoms with van der Waals surface area (Å²) >= 11 is 12.3. The first kappa shape index (κ1) is 28.5. The Balaban J connectivity index is 0.846. The van der Waals surface area contributed by atoms with Gasteiger partial charge < -0.3 is 9.80 Å². The first-order valence-corrected chi connectivity index (χ1v) is 15.9. The van der Waals surface area contributed by atoms with Gasteiger partial charge in [-0.1, -0.05) is 42.5 Å². The van der Waals surface area contributed by atoms with Crippen LogP contribution in [0.2, 0.25) is 10.0 Å². The third kappa shape index (κ3) is 7.06. The van der Waals surface area contributed by atoms with Gasteiger partial charge in [-0.2, -0.15) is 0 Å². The van der Waals surface area contributed by atoms with Crippen LogP contribution in [0.25, 0.3) is 21.8 Å². The molecule has 0 spiro atoms. The average molecular weight is 592 g/mol. The Morgan fingerprint density at radius 1 is 0.512 bits per heavy atom. The number of unbranched alkanes of at least 4 members (excludes halogenated alkanes) is 4. The molecule has 216 valence electrons. The number of hydrogen-bond acceptors (Lipinski definition) is 6. The largest absolute Gasteiger partial charge is 0.368 e. The second-order valence-electron chi connectivity index (χ2n) is 11.4. The number of nitrogens with zero attached hydrogens (tertiary/aromatic N) is 6. The van der Waals surface area contributed by atoms with Crippen LogP contribution >= 0.6 is 23.2 Å². The van der Waals surface area contributed by atoms with Crippen molar-refractivity contribution in [1.82, 2.24) is 19.8 Å². The van der Waals surface area contributed by atoms with Crippen molar-refractivity contribution in [2.45, 2.75) is 32.1 Å². The molecule has 4 heterocycles. The fraction of sp³-hybridized carbons (Fsp3) is 0.455. The summed E-state index contributed by atoms with van der Waals surface area (Å²) in [4.78, 5) is 19.3. The number of rotatable bonds is 10. The molecule has 2 aromatic heterocycles. The maximum Gasteiger partial charge on any atom is 0.0737 e. The van der Waals surface area contributed by atoms with Crippen molar-refractivity contribution in [3.05, 3.63) is 71.0 Å². The van der Waals surface area contributed by atoms with E-state index in [1.807, 2.05) is 36.7 Å². The van der Waals surface area contributed by atoms with Crippen LogP contribution in [0.4, 0.5) is 11.4 Å². The van der Waals surface area contributed by atoms with Gasteiger partial charge in [0.05, 0.1) is 11.0 Å². The molecule has 6 rings (SSSR count). The lowest BCUT2D eigenvalue weighted by Crippen LogP contribution is -2.46. The van der Waals surface area contributed by atoms with Gasteiger partial charge in [-0.25, -0.2) is 0 Å². The number of halogens is 2. The van der Waals surface area contributed by atoms with Gasteiger partial charge in [-0.05, 0) is 74.5 Å². The van der Waals surface area contributed by atoms with E-state index in [2.05, 4.69) is 53.8 Å². The van der Waals surface area contributed by atoms with Gasteiger partial charge in [-0.15, -0.1) is 0 Å². The van der Waals surface area contributed by atoms with Crippen molar-refractivity contribution < 1.29 is 0 Å². The fourth-order valence-corrected chi connectivity index (χ4v) is 6.72. The molecule has 0 unspecified atom stereocenters. The minimum atomic E-state index is 0.743. The third-order valence-corrected chi connectivity index (χ3v) is 9.21. The van der Waals surface area contributed by atoms with E-state index < -0.39 is 0 Å². The van der Waals surface area contributed by atoms with E-state index in [0.29, 0.717) is 0 Å². The highest BCUT2D eigenvalue weighted by molar-refractivity contribution is 6.31. The molecule has 0 aliphatic carbocycles. The molecule has 8 heteroatoms. The molecule has 0 radical (unpaired) electrons. The maximum absolute atomic E-state index is 6.17. The number of aromatic nitrogens is 2. The van der Waals surface area contributed by atoms with E-state index in [0.717, 1.165) is 73.4 Å². The molecule has 0 atom stereocenters. The van der Waals surface area contributed by atoms with E-state index in [1.165, 1.54) is 67.3 Å². The zero-order valence-corrected chi connectivity index (χ0v) is 25.3. The third-order valence-electron chi connectivity index (χ3n) is 8.74. The molecule has 0 N–H and O–H groups in total. The standard InChI is InChI=1S/C33H40Cl2N6/c34-26-6-8-28-30(24-26)36-12-10-32(28)40-20-16-38(17-21-40)14-4-2-1-3-5-15-39-18-22-41(23-19-39)33-11-13-37-31-25-27(35)7-9-29(31)33/h6-13,24-25H,1-5,14-23H2. The van der Waals surface area contributed by atoms with Crippen LogP contribution in [0, 0.1) is 0 Å². The molecule has 41 heavy (non-hydrogen) atoms.